The van der Waals surface area contributed by atoms with Crippen molar-refractivity contribution in [2.45, 2.75) is 52.2 Å². The molecule has 1 aliphatic rings. The second kappa shape index (κ2) is 8.54. The Morgan fingerprint density at radius 1 is 1.31 bits per heavy atom. The number of rotatable bonds is 4. The highest BCUT2D eigenvalue weighted by atomic mass is 16.6. The number of likely N-dealkylation sites (tertiary alicyclic amines) is 1. The smallest absolute Gasteiger partial charge is 0.410 e. The molecule has 2 atom stereocenters. The summed E-state index contributed by atoms with van der Waals surface area (Å²) in [6, 6.07) is 7.50. The molecule has 6 heteroatoms. The Morgan fingerprint density at radius 3 is 2.65 bits per heavy atom. The maximum Gasteiger partial charge on any atom is 0.410 e. The molecule has 1 N–H and O–H groups in total. The number of hydrogen-bond donors (Lipinski definition) is 1. The summed E-state index contributed by atoms with van der Waals surface area (Å²) in [6.07, 6.45) is 0.148. The summed E-state index contributed by atoms with van der Waals surface area (Å²) in [5.41, 5.74) is 1.13. The van der Waals surface area contributed by atoms with E-state index in [9.17, 15) is 14.7 Å². The molecule has 144 valence electrons. The molecule has 0 radical (unpaired) electrons. The molecule has 0 spiro atoms. The van der Waals surface area contributed by atoms with Crippen LogP contribution in [-0.2, 0) is 20.9 Å². The fraction of sp³-hybridized carbons (Fsp3) is 0.600. The number of nitrogens with zero attached hydrogens (tertiary/aromatic N) is 1. The quantitative estimate of drug-likeness (QED) is 0.832. The molecule has 1 saturated heterocycles. The molecular formula is C20H29NO5. The minimum absolute atomic E-state index is 0.0690. The Balaban J connectivity index is 2.25. The summed E-state index contributed by atoms with van der Waals surface area (Å²) in [4.78, 5) is 26.5. The first-order valence-corrected chi connectivity index (χ1v) is 9.09. The van der Waals surface area contributed by atoms with E-state index in [0.29, 0.717) is 26.1 Å². The van der Waals surface area contributed by atoms with Crippen LogP contribution >= 0.6 is 0 Å². The number of esters is 1. The van der Waals surface area contributed by atoms with Crippen molar-refractivity contribution in [1.29, 1.82) is 0 Å². The number of piperidine rings is 1. The maximum absolute atomic E-state index is 12.5. The summed E-state index contributed by atoms with van der Waals surface area (Å²) in [7, 11) is 0. The minimum atomic E-state index is -0.568. The lowest BCUT2D eigenvalue weighted by molar-refractivity contribution is -0.150. The van der Waals surface area contributed by atoms with Crippen LogP contribution in [0.1, 0.15) is 51.2 Å². The van der Waals surface area contributed by atoms with Crippen molar-refractivity contribution >= 4 is 12.1 Å². The van der Waals surface area contributed by atoms with Gasteiger partial charge < -0.3 is 19.5 Å². The molecule has 2 rings (SSSR count). The van der Waals surface area contributed by atoms with Crippen molar-refractivity contribution < 1.29 is 24.2 Å². The number of aliphatic hydroxyl groups is 1. The Kier molecular flexibility index (Phi) is 6.64. The number of benzene rings is 1. The molecule has 6 nitrogen and oxygen atoms in total. The van der Waals surface area contributed by atoms with Crippen molar-refractivity contribution in [2.75, 3.05) is 19.7 Å². The van der Waals surface area contributed by atoms with Crippen LogP contribution in [-0.4, -0.2) is 47.4 Å². The average Bonchev–Trinajstić information content (AvgIpc) is 2.60. The number of carbonyl (C=O) groups excluding carboxylic acids is 2. The van der Waals surface area contributed by atoms with Crippen LogP contribution in [0.3, 0.4) is 0 Å². The van der Waals surface area contributed by atoms with Crippen molar-refractivity contribution in [2.24, 2.45) is 5.92 Å². The van der Waals surface area contributed by atoms with Crippen molar-refractivity contribution in [3.63, 3.8) is 0 Å². The highest BCUT2D eigenvalue weighted by molar-refractivity contribution is 5.75. The zero-order valence-corrected chi connectivity index (χ0v) is 16.0. The van der Waals surface area contributed by atoms with Gasteiger partial charge >= 0.3 is 12.1 Å². The standard InChI is InChI=1S/C20H29NO5/c1-5-25-18(23)16-9-10-21(19(24)26-20(2,3)4)12-17(16)15-8-6-7-14(11-15)13-22/h6-8,11,16-17,22H,5,9-10,12-13H2,1-4H3/t16-,17+/m1/s1. The van der Waals surface area contributed by atoms with Gasteiger partial charge in [-0.1, -0.05) is 24.3 Å². The largest absolute Gasteiger partial charge is 0.466 e. The number of aliphatic hydroxyl groups excluding tert-OH is 1. The van der Waals surface area contributed by atoms with Crippen molar-refractivity contribution in [3.05, 3.63) is 35.4 Å². The van der Waals surface area contributed by atoms with Crippen LogP contribution in [0.25, 0.3) is 0 Å². The van der Waals surface area contributed by atoms with E-state index in [0.717, 1.165) is 11.1 Å². The van der Waals surface area contributed by atoms with E-state index in [1.54, 1.807) is 11.8 Å². The first kappa shape index (κ1) is 20.2. The highest BCUT2D eigenvalue weighted by Crippen LogP contribution is 2.34. The molecule has 0 aliphatic carbocycles. The average molecular weight is 363 g/mol. The third-order valence-electron chi connectivity index (χ3n) is 4.42. The van der Waals surface area contributed by atoms with Crippen LogP contribution in [0.4, 0.5) is 4.79 Å². The predicted octanol–water partition coefficient (Wildman–Crippen LogP) is 3.08. The summed E-state index contributed by atoms with van der Waals surface area (Å²) >= 11 is 0. The van der Waals surface area contributed by atoms with Crippen LogP contribution in [0.15, 0.2) is 24.3 Å². The van der Waals surface area contributed by atoms with Gasteiger partial charge in [0, 0.05) is 19.0 Å². The van der Waals surface area contributed by atoms with Gasteiger partial charge in [0.05, 0.1) is 19.1 Å². The fourth-order valence-electron chi connectivity index (χ4n) is 3.24. The second-order valence-corrected chi connectivity index (χ2v) is 7.58. The molecule has 26 heavy (non-hydrogen) atoms. The van der Waals surface area contributed by atoms with Gasteiger partial charge in [-0.25, -0.2) is 4.79 Å². The van der Waals surface area contributed by atoms with Gasteiger partial charge in [-0.2, -0.15) is 0 Å². The SMILES string of the molecule is CCOC(=O)[C@@H]1CCN(C(=O)OC(C)(C)C)C[C@H]1c1cccc(CO)c1. The topological polar surface area (TPSA) is 76.1 Å². The summed E-state index contributed by atoms with van der Waals surface area (Å²) in [5, 5.41) is 9.41. The van der Waals surface area contributed by atoms with E-state index < -0.39 is 5.60 Å². The Morgan fingerprint density at radius 2 is 2.04 bits per heavy atom. The molecule has 1 aliphatic heterocycles. The van der Waals surface area contributed by atoms with E-state index in [-0.39, 0.29) is 30.5 Å². The van der Waals surface area contributed by atoms with Gasteiger partial charge in [0.1, 0.15) is 5.60 Å². The normalized spacial score (nSPS) is 20.6. The predicted molar refractivity (Wildman–Crippen MR) is 97.7 cm³/mol. The molecule has 0 aromatic heterocycles. The number of amides is 1. The Bertz CT molecular complexity index is 637. The lowest BCUT2D eigenvalue weighted by atomic mass is 9.80. The molecule has 1 fully saturated rings. The highest BCUT2D eigenvalue weighted by Gasteiger charge is 2.38. The first-order chi connectivity index (χ1) is 12.2. The Labute approximate surface area is 155 Å². The molecule has 0 saturated carbocycles. The van der Waals surface area contributed by atoms with Gasteiger partial charge in [-0.15, -0.1) is 0 Å². The van der Waals surface area contributed by atoms with E-state index in [1.807, 2.05) is 45.0 Å². The lowest BCUT2D eigenvalue weighted by Crippen LogP contribution is -2.47. The molecule has 0 bridgehead atoms. The number of hydrogen-bond acceptors (Lipinski definition) is 5. The maximum atomic E-state index is 12.5. The molecule has 1 amide bonds. The first-order valence-electron chi connectivity index (χ1n) is 9.09. The van der Waals surface area contributed by atoms with Crippen LogP contribution in [0.5, 0.6) is 0 Å². The van der Waals surface area contributed by atoms with Crippen LogP contribution in [0.2, 0.25) is 0 Å². The summed E-state index contributed by atoms with van der Waals surface area (Å²) in [5.74, 6) is -0.750. The molecule has 1 aromatic carbocycles. The summed E-state index contributed by atoms with van der Waals surface area (Å²) < 4.78 is 10.7. The lowest BCUT2D eigenvalue weighted by Gasteiger charge is -2.38. The molecule has 1 heterocycles. The monoisotopic (exact) mass is 363 g/mol. The van der Waals surface area contributed by atoms with Gasteiger partial charge in [-0.05, 0) is 45.2 Å². The number of carbonyl (C=O) groups is 2. The zero-order valence-electron chi connectivity index (χ0n) is 16.0. The van der Waals surface area contributed by atoms with Gasteiger partial charge in [0.2, 0.25) is 0 Å². The third-order valence-corrected chi connectivity index (χ3v) is 4.42. The second-order valence-electron chi connectivity index (χ2n) is 7.58. The van der Waals surface area contributed by atoms with E-state index in [1.165, 1.54) is 0 Å². The van der Waals surface area contributed by atoms with E-state index in [4.69, 9.17) is 9.47 Å². The van der Waals surface area contributed by atoms with E-state index >= 15 is 0 Å². The fourth-order valence-corrected chi connectivity index (χ4v) is 3.24. The van der Waals surface area contributed by atoms with Gasteiger partial charge in [0.15, 0.2) is 0 Å². The van der Waals surface area contributed by atoms with Crippen molar-refractivity contribution in [3.8, 4) is 0 Å². The third kappa shape index (κ3) is 5.21. The Hall–Kier alpha value is -2.08. The van der Waals surface area contributed by atoms with Crippen LogP contribution in [0, 0.1) is 5.92 Å². The van der Waals surface area contributed by atoms with Crippen molar-refractivity contribution in [1.82, 2.24) is 4.90 Å². The zero-order chi connectivity index (χ0) is 19.3. The van der Waals surface area contributed by atoms with Gasteiger partial charge in [0.25, 0.3) is 0 Å². The van der Waals surface area contributed by atoms with Crippen LogP contribution < -0.4 is 0 Å². The van der Waals surface area contributed by atoms with E-state index in [2.05, 4.69) is 0 Å². The minimum Gasteiger partial charge on any atom is -0.466 e. The number of ether oxygens (including phenoxy) is 2. The van der Waals surface area contributed by atoms with Gasteiger partial charge in [-0.3, -0.25) is 4.79 Å². The molecule has 1 aromatic rings. The molecule has 0 unspecified atom stereocenters. The summed E-state index contributed by atoms with van der Waals surface area (Å²) in [6.45, 7) is 8.38. The molecular weight excluding hydrogens is 334 g/mol.